The predicted molar refractivity (Wildman–Crippen MR) is 88.5 cm³/mol. The lowest BCUT2D eigenvalue weighted by atomic mass is 9.93. The zero-order chi connectivity index (χ0) is 16.3. The van der Waals surface area contributed by atoms with Gasteiger partial charge in [-0.25, -0.2) is 0 Å². The number of allylic oxidation sites excluding steroid dienone is 1. The van der Waals surface area contributed by atoms with Crippen LogP contribution in [-0.2, 0) is 14.0 Å². The molecule has 1 N–H and O–H groups in total. The Hall–Kier alpha value is -1.07. The molecule has 5 heteroatoms. The van der Waals surface area contributed by atoms with Crippen molar-refractivity contribution in [1.82, 2.24) is 5.32 Å². The monoisotopic (exact) mass is 311 g/mol. The smallest absolute Gasteiger partial charge is 0.192 e. The van der Waals surface area contributed by atoms with Crippen LogP contribution < -0.4 is 5.32 Å². The summed E-state index contributed by atoms with van der Waals surface area (Å²) in [7, 11) is -0.258. The molecule has 1 aliphatic rings. The molecule has 0 aromatic carbocycles. The van der Waals surface area contributed by atoms with Gasteiger partial charge in [-0.05, 0) is 30.6 Å². The van der Waals surface area contributed by atoms with E-state index in [1.807, 2.05) is 6.20 Å². The molecule has 1 rings (SSSR count). The molecule has 0 saturated heterocycles. The number of hydrogen-bond donors (Lipinski definition) is 1. The summed E-state index contributed by atoms with van der Waals surface area (Å²) in [5, 5.41) is 3.37. The van der Waals surface area contributed by atoms with Crippen LogP contribution in [0.3, 0.4) is 0 Å². The number of carbonyl (C=O) groups excluding carboxylic acids is 1. The summed E-state index contributed by atoms with van der Waals surface area (Å²) < 4.78 is 11.1. The maximum absolute atomic E-state index is 11.8. The van der Waals surface area contributed by atoms with Crippen LogP contribution in [0.4, 0.5) is 0 Å². The van der Waals surface area contributed by atoms with Crippen LogP contribution in [0.1, 0.15) is 34.1 Å². The number of hydrogen-bond acceptors (Lipinski definition) is 4. The summed E-state index contributed by atoms with van der Waals surface area (Å²) in [4.78, 5) is 11.8. The number of methoxy groups -OCH3 is 1. The van der Waals surface area contributed by atoms with Crippen molar-refractivity contribution in [2.75, 3.05) is 7.11 Å². The molecule has 0 fully saturated rings. The molecule has 1 unspecified atom stereocenters. The van der Waals surface area contributed by atoms with Gasteiger partial charge in [-0.3, -0.25) is 4.79 Å². The molecule has 0 aliphatic carbocycles. The van der Waals surface area contributed by atoms with Crippen LogP contribution in [0, 0.1) is 0 Å². The van der Waals surface area contributed by atoms with Crippen LogP contribution in [0.5, 0.6) is 0 Å². The molecule has 0 aromatic heterocycles. The maximum atomic E-state index is 11.8. The van der Waals surface area contributed by atoms with Crippen molar-refractivity contribution >= 4 is 14.1 Å². The highest BCUT2D eigenvalue weighted by molar-refractivity contribution is 6.74. The summed E-state index contributed by atoms with van der Waals surface area (Å²) in [5.74, 6) is 0.0551. The summed E-state index contributed by atoms with van der Waals surface area (Å²) in [5.41, 5.74) is 1.18. The van der Waals surface area contributed by atoms with E-state index < -0.39 is 8.32 Å². The minimum atomic E-state index is -1.79. The van der Waals surface area contributed by atoms with Crippen molar-refractivity contribution in [3.05, 3.63) is 24.1 Å². The molecule has 0 radical (unpaired) electrons. The first-order chi connectivity index (χ1) is 9.58. The van der Waals surface area contributed by atoms with Gasteiger partial charge in [0.2, 0.25) is 0 Å². The van der Waals surface area contributed by atoms with Crippen molar-refractivity contribution in [2.24, 2.45) is 0 Å². The Balaban J connectivity index is 2.59. The predicted octanol–water partition coefficient (Wildman–Crippen LogP) is 3.37. The van der Waals surface area contributed by atoms with Crippen LogP contribution in [0.15, 0.2) is 24.1 Å². The highest BCUT2D eigenvalue weighted by atomic mass is 28.4. The Labute approximate surface area is 129 Å². The summed E-state index contributed by atoms with van der Waals surface area (Å²) in [6.45, 7) is 13.3. The maximum Gasteiger partial charge on any atom is 0.192 e. The molecule has 2 atom stereocenters. The number of ketones is 1. The molecule has 21 heavy (non-hydrogen) atoms. The normalized spacial score (nSPS) is 20.5. The molecule has 4 nitrogen and oxygen atoms in total. The quantitative estimate of drug-likeness (QED) is 0.445. The third-order valence-corrected chi connectivity index (χ3v) is 8.95. The van der Waals surface area contributed by atoms with Gasteiger partial charge in [0.25, 0.3) is 0 Å². The third kappa shape index (κ3) is 4.71. The Morgan fingerprint density at radius 3 is 2.52 bits per heavy atom. The molecule has 120 valence electrons. The molecule has 0 spiro atoms. The minimum Gasteiger partial charge on any atom is -0.504 e. The Bertz CT molecular complexity index is 435. The lowest BCUT2D eigenvalue weighted by Crippen LogP contribution is -2.48. The van der Waals surface area contributed by atoms with E-state index in [9.17, 15) is 4.79 Å². The summed E-state index contributed by atoms with van der Waals surface area (Å²) in [6, 6.07) is 0.0822. The highest BCUT2D eigenvalue weighted by Crippen LogP contribution is 2.38. The van der Waals surface area contributed by atoms with Gasteiger partial charge < -0.3 is 14.5 Å². The second kappa shape index (κ2) is 6.79. The standard InChI is InChI=1S/C16H29NO3Si/c1-12(20-21(6,7)16(2,3)4)14-11-17-15(14)10-13(18)8-9-19-5/h8-9,11-12,15,17H,10H2,1-7H3/b9-8+/t12-,15?/m1/s1. The number of rotatable bonds is 7. The van der Waals surface area contributed by atoms with Crippen LogP contribution in [-0.4, -0.2) is 33.4 Å². The third-order valence-electron chi connectivity index (χ3n) is 4.40. The van der Waals surface area contributed by atoms with Crippen molar-refractivity contribution in [2.45, 2.75) is 64.4 Å². The highest BCUT2D eigenvalue weighted by Gasteiger charge is 2.40. The van der Waals surface area contributed by atoms with Crippen LogP contribution >= 0.6 is 0 Å². The van der Waals surface area contributed by atoms with Crippen LogP contribution in [0.2, 0.25) is 18.1 Å². The lowest BCUT2D eigenvalue weighted by molar-refractivity contribution is -0.115. The first-order valence-electron chi connectivity index (χ1n) is 7.44. The SMILES string of the molecule is CO/C=C/C(=O)CC1NC=C1[C@@H](C)O[Si](C)(C)C(C)(C)C. The summed E-state index contributed by atoms with van der Waals surface area (Å²) >= 11 is 0. The van der Waals surface area contributed by atoms with E-state index in [0.717, 1.165) is 0 Å². The van der Waals surface area contributed by atoms with Gasteiger partial charge in [-0.2, -0.15) is 0 Å². The molecular formula is C16H29NO3Si. The van der Waals surface area contributed by atoms with Gasteiger partial charge in [0.1, 0.15) is 0 Å². The van der Waals surface area contributed by atoms with Gasteiger partial charge in [-0.15, -0.1) is 0 Å². The van der Waals surface area contributed by atoms with E-state index in [0.29, 0.717) is 6.42 Å². The van der Waals surface area contributed by atoms with E-state index in [1.54, 1.807) is 0 Å². The molecule has 0 amide bonds. The van der Waals surface area contributed by atoms with Crippen molar-refractivity contribution in [1.29, 1.82) is 0 Å². The lowest BCUT2D eigenvalue weighted by Gasteiger charge is -2.41. The summed E-state index contributed by atoms with van der Waals surface area (Å²) in [6.07, 6.45) is 5.35. The van der Waals surface area contributed by atoms with E-state index >= 15 is 0 Å². The first-order valence-corrected chi connectivity index (χ1v) is 10.4. The zero-order valence-electron chi connectivity index (χ0n) is 14.3. The number of ether oxygens (including phenoxy) is 1. The van der Waals surface area contributed by atoms with Gasteiger partial charge in [0.05, 0.1) is 25.5 Å². The second-order valence-electron chi connectivity index (χ2n) is 7.09. The van der Waals surface area contributed by atoms with Crippen molar-refractivity contribution in [3.63, 3.8) is 0 Å². The van der Waals surface area contributed by atoms with E-state index in [4.69, 9.17) is 9.16 Å². The Morgan fingerprint density at radius 2 is 2.10 bits per heavy atom. The second-order valence-corrected chi connectivity index (χ2v) is 11.8. The average molecular weight is 311 g/mol. The van der Waals surface area contributed by atoms with Crippen molar-refractivity contribution < 1.29 is 14.0 Å². The molecule has 0 bridgehead atoms. The van der Waals surface area contributed by atoms with Crippen LogP contribution in [0.25, 0.3) is 0 Å². The molecule has 1 heterocycles. The van der Waals surface area contributed by atoms with Gasteiger partial charge in [-0.1, -0.05) is 20.8 Å². The van der Waals surface area contributed by atoms with E-state index in [-0.39, 0.29) is 23.0 Å². The van der Waals surface area contributed by atoms with Gasteiger partial charge in [0, 0.05) is 18.7 Å². The molecule has 1 aliphatic heterocycles. The molecule has 0 aromatic rings. The largest absolute Gasteiger partial charge is 0.504 e. The number of nitrogens with one attached hydrogen (secondary N) is 1. The fourth-order valence-electron chi connectivity index (χ4n) is 1.97. The fourth-order valence-corrected chi connectivity index (χ4v) is 3.35. The van der Waals surface area contributed by atoms with Gasteiger partial charge >= 0.3 is 0 Å². The van der Waals surface area contributed by atoms with Crippen molar-refractivity contribution in [3.8, 4) is 0 Å². The first kappa shape index (κ1) is 18.0. The fraction of sp³-hybridized carbons (Fsp3) is 0.688. The van der Waals surface area contributed by atoms with E-state index in [2.05, 4.69) is 46.1 Å². The molecule has 0 saturated carbocycles. The topological polar surface area (TPSA) is 47.6 Å². The van der Waals surface area contributed by atoms with E-state index in [1.165, 1.54) is 25.0 Å². The van der Waals surface area contributed by atoms with Gasteiger partial charge in [0.15, 0.2) is 14.1 Å². The Kier molecular flexibility index (Phi) is 5.81. The number of carbonyl (C=O) groups is 1. The molecular weight excluding hydrogens is 282 g/mol. The minimum absolute atomic E-state index is 0.0522. The Morgan fingerprint density at radius 1 is 1.48 bits per heavy atom. The zero-order valence-corrected chi connectivity index (χ0v) is 15.3. The average Bonchev–Trinajstić information content (AvgIpc) is 2.29.